The van der Waals surface area contributed by atoms with E-state index in [1.54, 1.807) is 6.92 Å². The van der Waals surface area contributed by atoms with Crippen LogP contribution in [0.3, 0.4) is 0 Å². The minimum atomic E-state index is -2.70. The number of carbonyl (C=O) groups excluding carboxylic acids is 1. The van der Waals surface area contributed by atoms with Gasteiger partial charge < -0.3 is 22.8 Å². The monoisotopic (exact) mass is 360 g/mol. The fourth-order valence-corrected chi connectivity index (χ4v) is 5.80. The van der Waals surface area contributed by atoms with Gasteiger partial charge in [-0.3, -0.25) is 0 Å². The average Bonchev–Trinajstić information content (AvgIpc) is 2.52. The van der Waals surface area contributed by atoms with Gasteiger partial charge in [0.1, 0.15) is 0 Å². The van der Waals surface area contributed by atoms with Crippen LogP contribution < -0.4 is 0 Å². The van der Waals surface area contributed by atoms with E-state index in [2.05, 4.69) is 6.58 Å². The van der Waals surface area contributed by atoms with Crippen LogP contribution in [0, 0.1) is 0 Å². The van der Waals surface area contributed by atoms with E-state index in [0.29, 0.717) is 44.8 Å². The number of hydrogen-bond acceptors (Lipinski definition) is 6. The summed E-state index contributed by atoms with van der Waals surface area (Å²) in [6, 6.07) is 0.814. The van der Waals surface area contributed by atoms with Gasteiger partial charge in [0, 0.05) is 44.3 Å². The molecule has 0 aromatic rings. The van der Waals surface area contributed by atoms with Gasteiger partial charge in [-0.25, -0.2) is 4.79 Å². The maximum absolute atomic E-state index is 11.5. The molecule has 0 saturated carbocycles. The van der Waals surface area contributed by atoms with Crippen LogP contribution in [-0.2, 0) is 27.5 Å². The third-order valence-corrected chi connectivity index (χ3v) is 6.91. The number of esters is 1. The van der Waals surface area contributed by atoms with Crippen molar-refractivity contribution >= 4 is 14.8 Å². The van der Waals surface area contributed by atoms with Crippen LogP contribution in [0.15, 0.2) is 12.2 Å². The molecule has 140 valence electrons. The van der Waals surface area contributed by atoms with Gasteiger partial charge in [0.25, 0.3) is 0 Å². The highest BCUT2D eigenvalue weighted by Gasteiger charge is 2.52. The van der Waals surface area contributed by atoms with Crippen molar-refractivity contribution in [2.24, 2.45) is 0 Å². The van der Waals surface area contributed by atoms with Gasteiger partial charge in [-0.2, -0.15) is 0 Å². The van der Waals surface area contributed by atoms with Crippen molar-refractivity contribution in [3.05, 3.63) is 12.2 Å². The molecule has 1 atom stereocenters. The minimum absolute atomic E-state index is 0.321. The van der Waals surface area contributed by atoms with Crippen molar-refractivity contribution in [1.82, 2.24) is 0 Å². The van der Waals surface area contributed by atoms with E-state index < -0.39 is 14.6 Å². The van der Waals surface area contributed by atoms with E-state index >= 15 is 0 Å². The zero-order valence-corrected chi connectivity index (χ0v) is 16.5. The maximum Gasteiger partial charge on any atom is 0.503 e. The summed E-state index contributed by atoms with van der Waals surface area (Å²) < 4.78 is 29.3. The molecule has 1 aliphatic heterocycles. The molecule has 24 heavy (non-hydrogen) atoms. The Morgan fingerprint density at radius 3 is 2.42 bits per heavy atom. The summed E-state index contributed by atoms with van der Waals surface area (Å²) in [5, 5.41) is 0. The quantitative estimate of drug-likeness (QED) is 0.243. The lowest BCUT2D eigenvalue weighted by molar-refractivity contribution is -0.227. The predicted molar refractivity (Wildman–Crippen MR) is 93.5 cm³/mol. The summed E-state index contributed by atoms with van der Waals surface area (Å²) in [6.07, 6.45) is 3.03. The lowest BCUT2D eigenvalue weighted by Crippen LogP contribution is -2.57. The maximum atomic E-state index is 11.5. The molecule has 0 aromatic carbocycles. The molecule has 6 nitrogen and oxygen atoms in total. The molecule has 0 spiro atoms. The van der Waals surface area contributed by atoms with Crippen molar-refractivity contribution < 1.29 is 27.5 Å². The Balaban J connectivity index is 2.68. The number of rotatable bonds is 11. The summed E-state index contributed by atoms with van der Waals surface area (Å²) >= 11 is 0. The van der Waals surface area contributed by atoms with Crippen LogP contribution in [0.25, 0.3) is 0 Å². The molecule has 0 aliphatic carbocycles. The molecule has 7 heteroatoms. The van der Waals surface area contributed by atoms with Crippen molar-refractivity contribution in [2.45, 2.75) is 65.2 Å². The number of ether oxygens (including phenoxy) is 2. The molecular formula is C17H32O6Si. The lowest BCUT2D eigenvalue weighted by atomic mass is 10.1. The Morgan fingerprint density at radius 1 is 1.21 bits per heavy atom. The topological polar surface area (TPSA) is 63.2 Å². The molecule has 0 N–H and O–H groups in total. The van der Waals surface area contributed by atoms with Gasteiger partial charge in [-0.15, -0.1) is 0 Å². The van der Waals surface area contributed by atoms with Crippen molar-refractivity contribution in [1.29, 1.82) is 0 Å². The average molecular weight is 361 g/mol. The largest absolute Gasteiger partial charge is 0.503 e. The van der Waals surface area contributed by atoms with E-state index in [1.165, 1.54) is 0 Å². The van der Waals surface area contributed by atoms with Gasteiger partial charge in [0.2, 0.25) is 0 Å². The molecule has 1 saturated heterocycles. The molecule has 0 bridgehead atoms. The van der Waals surface area contributed by atoms with Crippen LogP contribution in [-0.4, -0.2) is 47.0 Å². The first-order chi connectivity index (χ1) is 11.4. The first-order valence-corrected chi connectivity index (χ1v) is 10.8. The van der Waals surface area contributed by atoms with Crippen LogP contribution in [0.1, 0.15) is 53.4 Å². The predicted octanol–water partition coefficient (Wildman–Crippen LogP) is 3.44. The van der Waals surface area contributed by atoms with Gasteiger partial charge in [-0.05, 0) is 40.5 Å². The minimum Gasteiger partial charge on any atom is -0.462 e. The summed E-state index contributed by atoms with van der Waals surface area (Å²) in [5.41, 5.74) is 0.405. The van der Waals surface area contributed by atoms with Crippen LogP contribution in [0.4, 0.5) is 0 Å². The summed E-state index contributed by atoms with van der Waals surface area (Å²) in [4.78, 5) is 11.5. The summed E-state index contributed by atoms with van der Waals surface area (Å²) in [5.74, 6) is -1.07. The highest BCUT2D eigenvalue weighted by atomic mass is 28.4. The Kier molecular flexibility index (Phi) is 9.15. The highest BCUT2D eigenvalue weighted by Crippen LogP contribution is 2.38. The van der Waals surface area contributed by atoms with Crippen molar-refractivity contribution in [3.8, 4) is 0 Å². The van der Waals surface area contributed by atoms with Crippen LogP contribution in [0.2, 0.25) is 6.04 Å². The SMILES string of the molecule is C=C(C)C(=O)OCCCC1(OCC)CCC[Si](OCC)(OCC)O1. The van der Waals surface area contributed by atoms with E-state index in [-0.39, 0.29) is 5.97 Å². The number of carbonyl (C=O) groups is 1. The lowest BCUT2D eigenvalue weighted by Gasteiger charge is -2.44. The van der Waals surface area contributed by atoms with Gasteiger partial charge >= 0.3 is 14.8 Å². The van der Waals surface area contributed by atoms with E-state index in [9.17, 15) is 4.79 Å². The normalized spacial score (nSPS) is 23.0. The standard InChI is InChI=1S/C17H32O6Si/c1-6-20-17(11-9-13-19-16(18)15(4)5)12-10-14-24(23-17,21-7-2)22-8-3/h4,6-14H2,1-3,5H3. The van der Waals surface area contributed by atoms with Crippen molar-refractivity contribution in [3.63, 3.8) is 0 Å². The summed E-state index contributed by atoms with van der Waals surface area (Å²) in [7, 11) is -2.70. The molecule has 1 unspecified atom stereocenters. The Hall–Kier alpha value is -0.733. The van der Waals surface area contributed by atoms with E-state index in [1.807, 2.05) is 20.8 Å². The second-order valence-corrected chi connectivity index (χ2v) is 8.52. The molecule has 1 rings (SSSR count). The van der Waals surface area contributed by atoms with Gasteiger partial charge in [0.05, 0.1) is 6.61 Å². The Bertz CT molecular complexity index is 398. The van der Waals surface area contributed by atoms with E-state index in [0.717, 1.165) is 18.9 Å². The van der Waals surface area contributed by atoms with Gasteiger partial charge in [0.15, 0.2) is 5.79 Å². The molecular weight excluding hydrogens is 328 g/mol. The number of hydrogen-bond donors (Lipinski definition) is 0. The third-order valence-electron chi connectivity index (χ3n) is 3.80. The zero-order valence-electron chi connectivity index (χ0n) is 15.5. The smallest absolute Gasteiger partial charge is 0.462 e. The van der Waals surface area contributed by atoms with Crippen LogP contribution >= 0.6 is 0 Å². The first kappa shape index (κ1) is 21.3. The summed E-state index contributed by atoms with van der Waals surface area (Å²) in [6.45, 7) is 13.1. The van der Waals surface area contributed by atoms with Crippen molar-refractivity contribution in [2.75, 3.05) is 26.4 Å². The molecule has 0 aromatic heterocycles. The highest BCUT2D eigenvalue weighted by molar-refractivity contribution is 6.61. The fourth-order valence-electron chi connectivity index (χ4n) is 2.89. The third kappa shape index (κ3) is 6.29. The Labute approximate surface area is 146 Å². The first-order valence-electron chi connectivity index (χ1n) is 8.87. The fraction of sp³-hybridized carbons (Fsp3) is 0.824. The van der Waals surface area contributed by atoms with E-state index in [4.69, 9.17) is 22.8 Å². The van der Waals surface area contributed by atoms with Crippen LogP contribution in [0.5, 0.6) is 0 Å². The molecule has 1 heterocycles. The van der Waals surface area contributed by atoms with Gasteiger partial charge in [-0.1, -0.05) is 6.58 Å². The molecule has 1 aliphatic rings. The molecule has 0 radical (unpaired) electrons. The second kappa shape index (κ2) is 10.3. The Morgan fingerprint density at radius 2 is 1.88 bits per heavy atom. The zero-order chi connectivity index (χ0) is 18.1. The molecule has 0 amide bonds. The second-order valence-electron chi connectivity index (χ2n) is 5.87. The molecule has 1 fully saturated rings.